The average molecular weight is 184 g/mol. The molecule has 1 aromatic carbocycles. The fourth-order valence-corrected chi connectivity index (χ4v) is 1.81. The van der Waals surface area contributed by atoms with Crippen molar-refractivity contribution >= 4 is 10.9 Å². The molecule has 0 bridgehead atoms. The number of nitriles is 1. The van der Waals surface area contributed by atoms with Gasteiger partial charge in [0.2, 0.25) is 0 Å². The van der Waals surface area contributed by atoms with Gasteiger partial charge in [0.05, 0.1) is 12.5 Å². The zero-order chi connectivity index (χ0) is 9.97. The van der Waals surface area contributed by atoms with Gasteiger partial charge < -0.3 is 4.57 Å². The van der Waals surface area contributed by atoms with Crippen molar-refractivity contribution in [2.45, 2.75) is 19.9 Å². The summed E-state index contributed by atoms with van der Waals surface area (Å²) in [7, 11) is 0. The van der Waals surface area contributed by atoms with Crippen LogP contribution in [0.2, 0.25) is 0 Å². The first-order valence-corrected chi connectivity index (χ1v) is 4.80. The van der Waals surface area contributed by atoms with Crippen LogP contribution in [0.3, 0.4) is 0 Å². The fourth-order valence-electron chi connectivity index (χ4n) is 1.81. The van der Waals surface area contributed by atoms with E-state index >= 15 is 0 Å². The highest BCUT2D eigenvalue weighted by atomic mass is 14.9. The Bertz CT molecular complexity index is 488. The number of fused-ring (bicyclic) bond motifs is 1. The van der Waals surface area contributed by atoms with Gasteiger partial charge in [0.15, 0.2) is 0 Å². The second-order valence-corrected chi connectivity index (χ2v) is 3.29. The van der Waals surface area contributed by atoms with E-state index in [-0.39, 0.29) is 0 Å². The molecule has 0 spiro atoms. The topological polar surface area (TPSA) is 28.7 Å². The van der Waals surface area contributed by atoms with Crippen molar-refractivity contribution in [2.24, 2.45) is 0 Å². The summed E-state index contributed by atoms with van der Waals surface area (Å²) in [6.45, 7) is 3.06. The summed E-state index contributed by atoms with van der Waals surface area (Å²) >= 11 is 0. The molecule has 14 heavy (non-hydrogen) atoms. The number of para-hydroxylation sites is 1. The van der Waals surface area contributed by atoms with Crippen molar-refractivity contribution in [3.63, 3.8) is 0 Å². The minimum atomic E-state index is 0.494. The maximum atomic E-state index is 8.70. The number of hydrogen-bond donors (Lipinski definition) is 0. The smallest absolute Gasteiger partial charge is 0.0670 e. The van der Waals surface area contributed by atoms with Crippen molar-refractivity contribution in [3.8, 4) is 6.07 Å². The molecule has 0 aliphatic rings. The maximum absolute atomic E-state index is 8.70. The van der Waals surface area contributed by atoms with Crippen LogP contribution in [0.1, 0.15) is 12.5 Å². The van der Waals surface area contributed by atoms with Gasteiger partial charge in [-0.2, -0.15) is 5.26 Å². The number of aryl methyl sites for hydroxylation is 1. The Balaban J connectivity index is 2.68. The SMILES string of the molecule is CCn1cc(CC#N)c2ccccc21. The predicted molar refractivity (Wildman–Crippen MR) is 56.9 cm³/mol. The largest absolute Gasteiger partial charge is 0.347 e. The summed E-state index contributed by atoms with van der Waals surface area (Å²) in [5, 5.41) is 9.91. The second kappa shape index (κ2) is 3.55. The lowest BCUT2D eigenvalue weighted by Crippen LogP contribution is -1.89. The molecule has 0 atom stereocenters. The quantitative estimate of drug-likeness (QED) is 0.705. The van der Waals surface area contributed by atoms with E-state index in [4.69, 9.17) is 5.26 Å². The number of rotatable bonds is 2. The number of aromatic nitrogens is 1. The molecule has 2 rings (SSSR count). The third-order valence-electron chi connectivity index (χ3n) is 2.48. The summed E-state index contributed by atoms with van der Waals surface area (Å²) in [4.78, 5) is 0. The summed E-state index contributed by atoms with van der Waals surface area (Å²) < 4.78 is 2.18. The molecule has 1 heterocycles. The molecule has 0 aliphatic carbocycles. The van der Waals surface area contributed by atoms with E-state index < -0.39 is 0 Å². The molecule has 2 nitrogen and oxygen atoms in total. The lowest BCUT2D eigenvalue weighted by molar-refractivity contribution is 0.794. The van der Waals surface area contributed by atoms with Gasteiger partial charge in [-0.3, -0.25) is 0 Å². The Morgan fingerprint density at radius 2 is 2.14 bits per heavy atom. The summed E-state index contributed by atoms with van der Waals surface area (Å²) in [6, 6.07) is 10.4. The first-order chi connectivity index (χ1) is 6.86. The maximum Gasteiger partial charge on any atom is 0.0670 e. The van der Waals surface area contributed by atoms with Crippen molar-refractivity contribution in [3.05, 3.63) is 36.0 Å². The van der Waals surface area contributed by atoms with Crippen LogP contribution in [0.5, 0.6) is 0 Å². The minimum absolute atomic E-state index is 0.494. The molecule has 0 amide bonds. The Hall–Kier alpha value is -1.75. The molecule has 0 saturated heterocycles. The molecule has 2 heteroatoms. The van der Waals surface area contributed by atoms with Crippen LogP contribution in [-0.4, -0.2) is 4.57 Å². The highest BCUT2D eigenvalue weighted by Crippen LogP contribution is 2.21. The van der Waals surface area contributed by atoms with Crippen molar-refractivity contribution in [2.75, 3.05) is 0 Å². The van der Waals surface area contributed by atoms with Crippen LogP contribution in [0.25, 0.3) is 10.9 Å². The Morgan fingerprint density at radius 3 is 2.86 bits per heavy atom. The van der Waals surface area contributed by atoms with Crippen molar-refractivity contribution in [1.82, 2.24) is 4.57 Å². The molecule has 0 unspecified atom stereocenters. The first kappa shape index (κ1) is 8.83. The highest BCUT2D eigenvalue weighted by Gasteiger charge is 2.05. The zero-order valence-electron chi connectivity index (χ0n) is 8.20. The Kier molecular flexibility index (Phi) is 2.24. The van der Waals surface area contributed by atoms with Gasteiger partial charge in [-0.1, -0.05) is 18.2 Å². The van der Waals surface area contributed by atoms with Crippen molar-refractivity contribution < 1.29 is 0 Å². The zero-order valence-corrected chi connectivity index (χ0v) is 8.20. The number of nitrogens with zero attached hydrogens (tertiary/aromatic N) is 2. The van der Waals surface area contributed by atoms with Crippen LogP contribution < -0.4 is 0 Å². The molecular weight excluding hydrogens is 172 g/mol. The standard InChI is InChI=1S/C12H12N2/c1-2-14-9-10(7-8-13)11-5-3-4-6-12(11)14/h3-6,9H,2,7H2,1H3. The first-order valence-electron chi connectivity index (χ1n) is 4.80. The molecule has 0 fully saturated rings. The highest BCUT2D eigenvalue weighted by molar-refractivity contribution is 5.84. The Morgan fingerprint density at radius 1 is 1.36 bits per heavy atom. The second-order valence-electron chi connectivity index (χ2n) is 3.29. The van der Waals surface area contributed by atoms with Gasteiger partial charge in [0.25, 0.3) is 0 Å². The van der Waals surface area contributed by atoms with Gasteiger partial charge in [0, 0.05) is 23.6 Å². The normalized spacial score (nSPS) is 10.3. The predicted octanol–water partition coefficient (Wildman–Crippen LogP) is 2.73. The molecule has 0 saturated carbocycles. The van der Waals surface area contributed by atoms with Crippen LogP contribution in [0.15, 0.2) is 30.5 Å². The molecule has 1 aromatic heterocycles. The summed E-state index contributed by atoms with van der Waals surface area (Å²) in [6.07, 6.45) is 2.57. The van der Waals surface area contributed by atoms with Gasteiger partial charge >= 0.3 is 0 Å². The monoisotopic (exact) mass is 184 g/mol. The van der Waals surface area contributed by atoms with Gasteiger partial charge in [-0.05, 0) is 18.6 Å². The van der Waals surface area contributed by atoms with E-state index in [0.717, 1.165) is 12.1 Å². The fraction of sp³-hybridized carbons (Fsp3) is 0.250. The molecular formula is C12H12N2. The van der Waals surface area contributed by atoms with Gasteiger partial charge in [-0.15, -0.1) is 0 Å². The lowest BCUT2D eigenvalue weighted by Gasteiger charge is -1.98. The molecule has 0 N–H and O–H groups in total. The van der Waals surface area contributed by atoms with E-state index in [1.165, 1.54) is 10.9 Å². The number of hydrogen-bond acceptors (Lipinski definition) is 1. The summed E-state index contributed by atoms with van der Waals surface area (Å²) in [5.41, 5.74) is 2.35. The van der Waals surface area contributed by atoms with E-state index in [0.29, 0.717) is 6.42 Å². The number of benzene rings is 1. The Labute approximate surface area is 83.4 Å². The van der Waals surface area contributed by atoms with E-state index in [1.54, 1.807) is 0 Å². The van der Waals surface area contributed by atoms with Crippen LogP contribution in [0, 0.1) is 11.3 Å². The minimum Gasteiger partial charge on any atom is -0.347 e. The van der Waals surface area contributed by atoms with Gasteiger partial charge in [-0.25, -0.2) is 0 Å². The van der Waals surface area contributed by atoms with Crippen LogP contribution in [0.4, 0.5) is 0 Å². The van der Waals surface area contributed by atoms with E-state index in [9.17, 15) is 0 Å². The molecule has 0 aliphatic heterocycles. The van der Waals surface area contributed by atoms with Crippen LogP contribution in [-0.2, 0) is 13.0 Å². The molecule has 0 radical (unpaired) electrons. The third kappa shape index (κ3) is 1.27. The van der Waals surface area contributed by atoms with Crippen LogP contribution >= 0.6 is 0 Å². The lowest BCUT2D eigenvalue weighted by atomic mass is 10.1. The third-order valence-corrected chi connectivity index (χ3v) is 2.48. The van der Waals surface area contributed by atoms with E-state index in [1.807, 2.05) is 12.1 Å². The van der Waals surface area contributed by atoms with E-state index in [2.05, 4.69) is 35.9 Å². The molecule has 2 aromatic rings. The van der Waals surface area contributed by atoms with Crippen molar-refractivity contribution in [1.29, 1.82) is 5.26 Å². The van der Waals surface area contributed by atoms with Gasteiger partial charge in [0.1, 0.15) is 0 Å². The average Bonchev–Trinajstić information content (AvgIpc) is 2.58. The summed E-state index contributed by atoms with van der Waals surface area (Å²) in [5.74, 6) is 0. The molecule has 70 valence electrons.